The zero-order valence-corrected chi connectivity index (χ0v) is 27.8. The third-order valence-corrected chi connectivity index (χ3v) is 5.40. The van der Waals surface area contributed by atoms with Gasteiger partial charge in [-0.25, -0.2) is 4.79 Å². The molecule has 1 amide bonds. The first-order valence-corrected chi connectivity index (χ1v) is 15.8. The van der Waals surface area contributed by atoms with E-state index in [1.165, 1.54) is 0 Å². The third-order valence-electron chi connectivity index (χ3n) is 5.40. The van der Waals surface area contributed by atoms with Crippen LogP contribution in [0.5, 0.6) is 5.75 Å². The van der Waals surface area contributed by atoms with Crippen LogP contribution in [0.15, 0.2) is 24.3 Å². The molecule has 1 rings (SSSR count). The van der Waals surface area contributed by atoms with Crippen LogP contribution in [-0.2, 0) is 47.4 Å². The summed E-state index contributed by atoms with van der Waals surface area (Å²) in [5.41, 5.74) is 0.101. The molecule has 14 nitrogen and oxygen atoms in total. The van der Waals surface area contributed by atoms with E-state index in [1.807, 2.05) is 20.8 Å². The monoisotopic (exact) mass is 661 g/mol. The number of ether oxygens (including phenoxy) is 11. The Kier molecular flexibility index (Phi) is 27.1. The molecule has 1 aromatic carbocycles. The number of carbonyl (C=O) groups is 2. The molecule has 0 saturated carbocycles. The van der Waals surface area contributed by atoms with E-state index >= 15 is 0 Å². The Hall–Kier alpha value is -2.40. The number of aldehydes is 1. The molecule has 0 aliphatic heterocycles. The zero-order chi connectivity index (χ0) is 33.4. The third kappa shape index (κ3) is 29.0. The van der Waals surface area contributed by atoms with Crippen molar-refractivity contribution < 1.29 is 61.7 Å². The second kappa shape index (κ2) is 30.0. The smallest absolute Gasteiger partial charge is 0.407 e. The van der Waals surface area contributed by atoms with Crippen molar-refractivity contribution in [3.8, 4) is 5.75 Å². The number of amides is 1. The second-order valence-electron chi connectivity index (χ2n) is 10.5. The summed E-state index contributed by atoms with van der Waals surface area (Å²) < 4.78 is 59.7. The van der Waals surface area contributed by atoms with E-state index in [1.54, 1.807) is 24.3 Å². The van der Waals surface area contributed by atoms with Crippen molar-refractivity contribution in [2.45, 2.75) is 26.4 Å². The summed E-state index contributed by atoms with van der Waals surface area (Å²) in [6.45, 7) is 14.7. The predicted octanol–water partition coefficient (Wildman–Crippen LogP) is 2.55. The van der Waals surface area contributed by atoms with Crippen LogP contribution >= 0.6 is 0 Å². The van der Waals surface area contributed by atoms with Gasteiger partial charge in [-0.05, 0) is 45.0 Å². The van der Waals surface area contributed by atoms with Crippen LogP contribution < -0.4 is 10.1 Å². The fourth-order valence-electron chi connectivity index (χ4n) is 3.26. The molecule has 1 N–H and O–H groups in total. The number of hydrogen-bond acceptors (Lipinski definition) is 13. The SMILES string of the molecule is CC(C)(C)OC(=O)NCCOCCOCCOCCOCCOCCOCCOCCOCCOCCOc1ccc(C=O)cc1. The topological polar surface area (TPSA) is 148 Å². The normalized spacial score (nSPS) is 11.5. The summed E-state index contributed by atoms with van der Waals surface area (Å²) in [5.74, 6) is 0.700. The van der Waals surface area contributed by atoms with Gasteiger partial charge >= 0.3 is 6.09 Å². The lowest BCUT2D eigenvalue weighted by molar-refractivity contribution is -0.0253. The number of carbonyl (C=O) groups excluding carboxylic acids is 2. The van der Waals surface area contributed by atoms with Crippen LogP contribution in [0.2, 0.25) is 0 Å². The molecule has 0 aromatic heterocycles. The van der Waals surface area contributed by atoms with Crippen molar-refractivity contribution in [3.63, 3.8) is 0 Å². The maximum atomic E-state index is 11.5. The van der Waals surface area contributed by atoms with Gasteiger partial charge in [0.2, 0.25) is 0 Å². The van der Waals surface area contributed by atoms with Gasteiger partial charge in [0, 0.05) is 12.1 Å². The van der Waals surface area contributed by atoms with Gasteiger partial charge in [0.1, 0.15) is 24.2 Å². The molecule has 0 atom stereocenters. The first-order valence-electron chi connectivity index (χ1n) is 15.8. The average Bonchev–Trinajstić information content (AvgIpc) is 3.03. The van der Waals surface area contributed by atoms with Gasteiger partial charge in [0.05, 0.1) is 119 Å². The number of rotatable bonds is 32. The van der Waals surface area contributed by atoms with Gasteiger partial charge in [-0.3, -0.25) is 4.79 Å². The molecule has 0 unspecified atom stereocenters. The molecule has 1 aromatic rings. The van der Waals surface area contributed by atoms with Crippen LogP contribution in [-0.4, -0.2) is 150 Å². The largest absolute Gasteiger partial charge is 0.491 e. The molecule has 266 valence electrons. The number of nitrogens with one attached hydrogen (secondary N) is 1. The number of alkyl carbamates (subject to hydrolysis) is 1. The Labute approximate surface area is 273 Å². The predicted molar refractivity (Wildman–Crippen MR) is 169 cm³/mol. The Bertz CT molecular complexity index is 836. The first-order chi connectivity index (χ1) is 22.4. The van der Waals surface area contributed by atoms with Crippen LogP contribution in [0.4, 0.5) is 4.79 Å². The fraction of sp³-hybridized carbons (Fsp3) is 0.750. The van der Waals surface area contributed by atoms with Crippen LogP contribution in [0.3, 0.4) is 0 Å². The molecular formula is C32H55NO13. The van der Waals surface area contributed by atoms with Crippen LogP contribution in [0, 0.1) is 0 Å². The highest BCUT2D eigenvalue weighted by atomic mass is 16.6. The summed E-state index contributed by atoms with van der Waals surface area (Å²) in [5, 5.41) is 2.63. The van der Waals surface area contributed by atoms with E-state index < -0.39 is 11.7 Å². The molecule has 0 heterocycles. The lowest BCUT2D eigenvalue weighted by Crippen LogP contribution is -2.34. The van der Waals surface area contributed by atoms with Crippen molar-refractivity contribution in [1.29, 1.82) is 0 Å². The van der Waals surface area contributed by atoms with Gasteiger partial charge < -0.3 is 57.4 Å². The number of hydrogen-bond donors (Lipinski definition) is 1. The fourth-order valence-corrected chi connectivity index (χ4v) is 3.26. The van der Waals surface area contributed by atoms with Gasteiger partial charge in [-0.1, -0.05) is 0 Å². The van der Waals surface area contributed by atoms with Gasteiger partial charge in [-0.2, -0.15) is 0 Å². The van der Waals surface area contributed by atoms with Gasteiger partial charge in [-0.15, -0.1) is 0 Å². The lowest BCUT2D eigenvalue weighted by atomic mass is 10.2. The molecule has 0 aliphatic rings. The molecule has 0 bridgehead atoms. The molecular weight excluding hydrogens is 606 g/mol. The standard InChI is InChI=1S/C32H55NO13/c1-32(2,3)46-31(35)33-8-9-36-10-11-37-12-13-38-14-15-39-16-17-40-18-19-41-20-21-42-22-23-43-24-25-44-26-27-45-30-6-4-29(28-34)5-7-30/h4-7,28H,8-27H2,1-3H3,(H,33,35). The van der Waals surface area contributed by atoms with Crippen molar-refractivity contribution >= 4 is 12.4 Å². The Balaban J connectivity index is 1.66. The van der Waals surface area contributed by atoms with E-state index in [9.17, 15) is 9.59 Å². The highest BCUT2D eigenvalue weighted by Gasteiger charge is 2.15. The highest BCUT2D eigenvalue weighted by Crippen LogP contribution is 2.10. The second-order valence-corrected chi connectivity index (χ2v) is 10.5. The summed E-state index contributed by atoms with van der Waals surface area (Å²) in [7, 11) is 0. The minimum atomic E-state index is -0.514. The first kappa shape index (κ1) is 41.6. The molecule has 0 aliphatic carbocycles. The molecule has 0 radical (unpaired) electrons. The van der Waals surface area contributed by atoms with E-state index in [0.29, 0.717) is 143 Å². The van der Waals surface area contributed by atoms with Crippen LogP contribution in [0.1, 0.15) is 31.1 Å². The van der Waals surface area contributed by atoms with Crippen molar-refractivity contribution in [1.82, 2.24) is 5.32 Å². The summed E-state index contributed by atoms with van der Waals surface area (Å²) >= 11 is 0. The Morgan fingerprint density at radius 1 is 0.543 bits per heavy atom. The van der Waals surface area contributed by atoms with Crippen molar-refractivity contribution in [2.75, 3.05) is 132 Å². The highest BCUT2D eigenvalue weighted by molar-refractivity contribution is 5.74. The Morgan fingerprint density at radius 3 is 1.20 bits per heavy atom. The minimum Gasteiger partial charge on any atom is -0.491 e. The molecule has 0 spiro atoms. The quantitative estimate of drug-likeness (QED) is 0.0892. The van der Waals surface area contributed by atoms with Crippen LogP contribution in [0.25, 0.3) is 0 Å². The molecule has 14 heteroatoms. The van der Waals surface area contributed by atoms with E-state index in [0.717, 1.165) is 6.29 Å². The summed E-state index contributed by atoms with van der Waals surface area (Å²) in [6.07, 6.45) is 0.340. The van der Waals surface area contributed by atoms with E-state index in [4.69, 9.17) is 52.1 Å². The summed E-state index contributed by atoms with van der Waals surface area (Å²) in [6, 6.07) is 6.92. The maximum absolute atomic E-state index is 11.5. The lowest BCUT2D eigenvalue weighted by Gasteiger charge is -2.19. The molecule has 0 fully saturated rings. The molecule has 0 saturated heterocycles. The van der Waals surface area contributed by atoms with Crippen molar-refractivity contribution in [3.05, 3.63) is 29.8 Å². The van der Waals surface area contributed by atoms with E-state index in [2.05, 4.69) is 5.32 Å². The Morgan fingerprint density at radius 2 is 0.870 bits per heavy atom. The zero-order valence-electron chi connectivity index (χ0n) is 27.8. The average molecular weight is 662 g/mol. The van der Waals surface area contributed by atoms with E-state index in [-0.39, 0.29) is 0 Å². The van der Waals surface area contributed by atoms with Gasteiger partial charge in [0.25, 0.3) is 0 Å². The van der Waals surface area contributed by atoms with Crippen molar-refractivity contribution in [2.24, 2.45) is 0 Å². The van der Waals surface area contributed by atoms with Gasteiger partial charge in [0.15, 0.2) is 0 Å². The number of benzene rings is 1. The maximum Gasteiger partial charge on any atom is 0.407 e. The molecule has 46 heavy (non-hydrogen) atoms. The minimum absolute atomic E-state index is 0.380. The summed E-state index contributed by atoms with van der Waals surface area (Å²) in [4.78, 5) is 22.1.